The summed E-state index contributed by atoms with van der Waals surface area (Å²) in [5.74, 6) is 2.51. The predicted octanol–water partition coefficient (Wildman–Crippen LogP) is 2.85. The summed E-state index contributed by atoms with van der Waals surface area (Å²) in [6, 6.07) is 1.04. The summed E-state index contributed by atoms with van der Waals surface area (Å²) in [4.78, 5) is 13.7. The van der Waals surface area contributed by atoms with Gasteiger partial charge in [0.25, 0.3) is 0 Å². The number of hydrogen-bond acceptors (Lipinski definition) is 3. The van der Waals surface area contributed by atoms with Gasteiger partial charge in [-0.3, -0.25) is 4.99 Å². The molecule has 3 rings (SSSR count). The van der Waals surface area contributed by atoms with Crippen LogP contribution in [0.3, 0.4) is 0 Å². The average Bonchev–Trinajstić information content (AvgIpc) is 3.21. The van der Waals surface area contributed by atoms with Gasteiger partial charge in [0.2, 0.25) is 0 Å². The zero-order valence-corrected chi connectivity index (χ0v) is 17.6. The van der Waals surface area contributed by atoms with Crippen molar-refractivity contribution in [1.82, 2.24) is 24.7 Å². The van der Waals surface area contributed by atoms with Crippen molar-refractivity contribution in [1.29, 1.82) is 0 Å². The second-order valence-corrected chi connectivity index (χ2v) is 8.65. The molecule has 6 nitrogen and oxygen atoms in total. The van der Waals surface area contributed by atoms with Crippen LogP contribution in [0.5, 0.6) is 0 Å². The summed E-state index contributed by atoms with van der Waals surface area (Å²) in [6.07, 6.45) is 14.0. The van der Waals surface area contributed by atoms with Crippen LogP contribution in [0.1, 0.15) is 51.5 Å². The largest absolute Gasteiger partial charge is 0.355 e. The third kappa shape index (κ3) is 5.03. The van der Waals surface area contributed by atoms with Gasteiger partial charge in [0.1, 0.15) is 0 Å². The van der Waals surface area contributed by atoms with Gasteiger partial charge in [0.05, 0.1) is 12.4 Å². The van der Waals surface area contributed by atoms with Gasteiger partial charge in [-0.15, -0.1) is 0 Å². The maximum Gasteiger partial charge on any atom is 0.193 e. The lowest BCUT2D eigenvalue weighted by Crippen LogP contribution is -2.52. The van der Waals surface area contributed by atoms with E-state index in [0.29, 0.717) is 18.0 Å². The number of rotatable bonds is 5. The molecule has 0 bridgehead atoms. The van der Waals surface area contributed by atoms with E-state index in [1.54, 1.807) is 0 Å². The lowest BCUT2D eigenvalue weighted by Gasteiger charge is -2.40. The van der Waals surface area contributed by atoms with E-state index in [0.717, 1.165) is 31.5 Å². The SMILES string of the molecule is CN=C(NCC(C1CCCCC1)N(C)C)N1CCC(C)C(n2ccnc2)C1. The second kappa shape index (κ2) is 9.58. The van der Waals surface area contributed by atoms with E-state index >= 15 is 0 Å². The first-order valence-electron chi connectivity index (χ1n) is 10.7. The van der Waals surface area contributed by atoms with E-state index in [4.69, 9.17) is 0 Å². The fourth-order valence-electron chi connectivity index (χ4n) is 4.91. The summed E-state index contributed by atoms with van der Waals surface area (Å²) in [5, 5.41) is 3.71. The highest BCUT2D eigenvalue weighted by Gasteiger charge is 2.30. The van der Waals surface area contributed by atoms with Crippen LogP contribution in [0.25, 0.3) is 0 Å². The number of guanidine groups is 1. The van der Waals surface area contributed by atoms with Crippen molar-refractivity contribution in [2.45, 2.75) is 57.5 Å². The summed E-state index contributed by atoms with van der Waals surface area (Å²) >= 11 is 0. The molecule has 1 aromatic rings. The van der Waals surface area contributed by atoms with Crippen molar-refractivity contribution >= 4 is 5.96 Å². The van der Waals surface area contributed by atoms with E-state index in [1.165, 1.54) is 38.5 Å². The monoisotopic (exact) mass is 374 g/mol. The topological polar surface area (TPSA) is 48.7 Å². The number of aromatic nitrogens is 2. The lowest BCUT2D eigenvalue weighted by atomic mass is 9.83. The number of nitrogens with zero attached hydrogens (tertiary/aromatic N) is 5. The third-order valence-corrected chi connectivity index (χ3v) is 6.66. The molecule has 1 saturated carbocycles. The molecule has 0 amide bonds. The van der Waals surface area contributed by atoms with Gasteiger partial charge >= 0.3 is 0 Å². The maximum absolute atomic E-state index is 4.62. The minimum absolute atomic E-state index is 0.461. The number of likely N-dealkylation sites (tertiary alicyclic amines) is 1. The standard InChI is InChI=1S/C21H38N6/c1-17-10-12-26(15-20(17)27-13-11-23-16-27)21(22-2)24-14-19(25(3)4)18-8-6-5-7-9-18/h11,13,16-20H,5-10,12,14-15H2,1-4H3,(H,22,24). The Morgan fingerprint density at radius 1 is 1.26 bits per heavy atom. The first kappa shape index (κ1) is 20.2. The van der Waals surface area contributed by atoms with Crippen LogP contribution in [0.4, 0.5) is 0 Å². The van der Waals surface area contributed by atoms with E-state index < -0.39 is 0 Å². The lowest BCUT2D eigenvalue weighted by molar-refractivity contribution is 0.165. The second-order valence-electron chi connectivity index (χ2n) is 8.65. The fourth-order valence-corrected chi connectivity index (χ4v) is 4.91. The van der Waals surface area contributed by atoms with Crippen molar-refractivity contribution in [2.24, 2.45) is 16.8 Å². The minimum Gasteiger partial charge on any atom is -0.355 e. The smallest absolute Gasteiger partial charge is 0.193 e. The molecule has 2 heterocycles. The Bertz CT molecular complexity index is 576. The number of likely N-dealkylation sites (N-methyl/N-ethyl adjacent to an activating group) is 1. The molecule has 2 fully saturated rings. The van der Waals surface area contributed by atoms with Gasteiger partial charge in [-0.1, -0.05) is 26.2 Å². The van der Waals surface area contributed by atoms with Crippen molar-refractivity contribution in [3.05, 3.63) is 18.7 Å². The average molecular weight is 375 g/mol. The molecule has 3 atom stereocenters. The molecule has 0 spiro atoms. The van der Waals surface area contributed by atoms with E-state index in [1.807, 2.05) is 19.6 Å². The van der Waals surface area contributed by atoms with E-state index in [2.05, 4.69) is 56.9 Å². The van der Waals surface area contributed by atoms with Crippen LogP contribution in [0.15, 0.2) is 23.7 Å². The number of aliphatic imine (C=N–C) groups is 1. The fraction of sp³-hybridized carbons (Fsp3) is 0.810. The highest BCUT2D eigenvalue weighted by molar-refractivity contribution is 5.80. The molecule has 3 unspecified atom stereocenters. The maximum atomic E-state index is 4.62. The Morgan fingerprint density at radius 2 is 2.04 bits per heavy atom. The van der Waals surface area contributed by atoms with E-state index in [-0.39, 0.29) is 0 Å². The Morgan fingerprint density at radius 3 is 2.67 bits per heavy atom. The summed E-state index contributed by atoms with van der Waals surface area (Å²) in [5.41, 5.74) is 0. The molecule has 0 aromatic carbocycles. The molecule has 2 aliphatic rings. The summed E-state index contributed by atoms with van der Waals surface area (Å²) < 4.78 is 2.26. The van der Waals surface area contributed by atoms with Gasteiger partial charge in [-0.2, -0.15) is 0 Å². The first-order valence-corrected chi connectivity index (χ1v) is 10.7. The molecule has 1 aromatic heterocycles. The van der Waals surface area contributed by atoms with Crippen LogP contribution < -0.4 is 5.32 Å². The molecule has 6 heteroatoms. The Labute approximate surface area is 165 Å². The number of piperidine rings is 1. The summed E-state index contributed by atoms with van der Waals surface area (Å²) in [7, 11) is 6.36. The van der Waals surface area contributed by atoms with Crippen LogP contribution in [-0.2, 0) is 0 Å². The Kier molecular flexibility index (Phi) is 7.16. The zero-order chi connectivity index (χ0) is 19.2. The van der Waals surface area contributed by atoms with Gasteiger partial charge in [0, 0.05) is 45.1 Å². The molecular formula is C21H38N6. The Balaban J connectivity index is 1.60. The predicted molar refractivity (Wildman–Crippen MR) is 112 cm³/mol. The van der Waals surface area contributed by atoms with Crippen LogP contribution in [0, 0.1) is 11.8 Å². The highest BCUT2D eigenvalue weighted by atomic mass is 15.3. The molecule has 1 N–H and O–H groups in total. The number of imidazole rings is 1. The van der Waals surface area contributed by atoms with Gasteiger partial charge < -0.3 is 19.7 Å². The molecule has 1 aliphatic heterocycles. The summed E-state index contributed by atoms with van der Waals surface area (Å²) in [6.45, 7) is 5.39. The zero-order valence-electron chi connectivity index (χ0n) is 17.6. The molecule has 1 saturated heterocycles. The van der Waals surface area contributed by atoms with Crippen molar-refractivity contribution < 1.29 is 0 Å². The van der Waals surface area contributed by atoms with Crippen LogP contribution >= 0.6 is 0 Å². The number of hydrogen-bond donors (Lipinski definition) is 1. The molecule has 27 heavy (non-hydrogen) atoms. The molecule has 1 aliphatic carbocycles. The van der Waals surface area contributed by atoms with Gasteiger partial charge in [0.15, 0.2) is 5.96 Å². The van der Waals surface area contributed by atoms with Crippen LogP contribution in [0.2, 0.25) is 0 Å². The molecule has 152 valence electrons. The van der Waals surface area contributed by atoms with Gasteiger partial charge in [-0.25, -0.2) is 4.98 Å². The molecular weight excluding hydrogens is 336 g/mol. The third-order valence-electron chi connectivity index (χ3n) is 6.66. The first-order chi connectivity index (χ1) is 13.1. The Hall–Kier alpha value is -1.56. The minimum atomic E-state index is 0.461. The van der Waals surface area contributed by atoms with Gasteiger partial charge in [-0.05, 0) is 45.2 Å². The highest BCUT2D eigenvalue weighted by Crippen LogP contribution is 2.29. The molecule has 0 radical (unpaired) electrons. The number of nitrogens with one attached hydrogen (secondary N) is 1. The van der Waals surface area contributed by atoms with E-state index in [9.17, 15) is 0 Å². The normalized spacial score (nSPS) is 26.4. The van der Waals surface area contributed by atoms with Crippen molar-refractivity contribution in [2.75, 3.05) is 40.8 Å². The quantitative estimate of drug-likeness (QED) is 0.636. The van der Waals surface area contributed by atoms with Crippen LogP contribution in [-0.4, -0.2) is 72.1 Å². The van der Waals surface area contributed by atoms with Crippen molar-refractivity contribution in [3.8, 4) is 0 Å². The van der Waals surface area contributed by atoms with Crippen molar-refractivity contribution in [3.63, 3.8) is 0 Å².